The molecule has 3 aliphatic heterocycles. The smallest absolute Gasteiger partial charge is 0.249 e. The highest BCUT2D eigenvalue weighted by Gasteiger charge is 2.31. The Morgan fingerprint density at radius 1 is 0.841 bits per heavy atom. The lowest BCUT2D eigenvalue weighted by Crippen LogP contribution is -2.51. The third-order valence-electron chi connectivity index (χ3n) is 12.2. The van der Waals surface area contributed by atoms with Crippen molar-refractivity contribution in [2.24, 2.45) is 5.92 Å². The summed E-state index contributed by atoms with van der Waals surface area (Å²) in [5.41, 5.74) is 8.82. The van der Waals surface area contributed by atoms with Crippen molar-refractivity contribution in [2.75, 3.05) is 57.8 Å². The fourth-order valence-electron chi connectivity index (χ4n) is 8.45. The molecule has 7 rings (SSSR count). The number of hydrogen-bond acceptors (Lipinski definition) is 9. The van der Waals surface area contributed by atoms with Crippen LogP contribution < -0.4 is 20.3 Å². The molecule has 3 saturated heterocycles. The van der Waals surface area contributed by atoms with Crippen molar-refractivity contribution in [1.82, 2.24) is 25.3 Å². The van der Waals surface area contributed by atoms with Gasteiger partial charge in [-0.25, -0.2) is 0 Å². The number of anilines is 1. The molecular formula is C52H64N6O5. The maximum absolute atomic E-state index is 12.3. The van der Waals surface area contributed by atoms with Crippen LogP contribution in [0, 0.1) is 19.8 Å². The van der Waals surface area contributed by atoms with Crippen molar-refractivity contribution in [3.8, 4) is 5.75 Å². The van der Waals surface area contributed by atoms with Gasteiger partial charge in [-0.3, -0.25) is 34.3 Å². The summed E-state index contributed by atoms with van der Waals surface area (Å²) in [6.45, 7) is 15.9. The number of benzene rings is 4. The quantitative estimate of drug-likeness (QED) is 0.0519. The zero-order valence-electron chi connectivity index (χ0n) is 37.4. The van der Waals surface area contributed by atoms with E-state index in [9.17, 15) is 19.2 Å². The number of carbonyl (C=O) groups excluding carboxylic acids is 4. The number of nitrogens with one attached hydrogen (secondary N) is 2. The van der Waals surface area contributed by atoms with Gasteiger partial charge in [0.2, 0.25) is 18.2 Å². The second-order valence-electron chi connectivity index (χ2n) is 16.9. The maximum Gasteiger partial charge on any atom is 0.249 e. The number of rotatable bonds is 16. The molecule has 1 unspecified atom stereocenters. The fraction of sp³-hybridized carbons (Fsp3) is 0.385. The van der Waals surface area contributed by atoms with Gasteiger partial charge in [0.25, 0.3) is 0 Å². The third kappa shape index (κ3) is 13.8. The standard InChI is InChI=1S/C33H46N6O3.C19H18O2/c1-25-6-7-30(19-29(25)23-39(24-40)31-8-9-32(41)35-33(31)42)38-16-14-37(15-17-38)21-26-10-12-36(13-11-26)22-28-5-3-4-27(18-28)20-34-2;1-3-4-5-19(17-10-8-16(14-20)9-11-17)21-18-12-6-15(2)7-13-18/h3-7,18-19,24,26,31,34H,8-17,20-23H2,1-2H3,(H,35,41,42);3-14H,1-2H3/b;4-3-,19-5+. The van der Waals surface area contributed by atoms with Gasteiger partial charge in [-0.2, -0.15) is 0 Å². The van der Waals surface area contributed by atoms with Crippen LogP contribution in [-0.4, -0.2) is 98.1 Å². The van der Waals surface area contributed by atoms with Crippen LogP contribution in [0.2, 0.25) is 0 Å². The van der Waals surface area contributed by atoms with E-state index >= 15 is 0 Å². The lowest BCUT2D eigenvalue weighted by atomic mass is 9.95. The molecule has 0 bridgehead atoms. The van der Waals surface area contributed by atoms with Crippen molar-refractivity contribution < 1.29 is 23.9 Å². The molecule has 332 valence electrons. The van der Waals surface area contributed by atoms with Gasteiger partial charge in [0.15, 0.2) is 0 Å². The predicted molar refractivity (Wildman–Crippen MR) is 251 cm³/mol. The van der Waals surface area contributed by atoms with Gasteiger partial charge in [-0.15, -0.1) is 0 Å². The van der Waals surface area contributed by atoms with Crippen LogP contribution >= 0.6 is 0 Å². The van der Waals surface area contributed by atoms with Gasteiger partial charge < -0.3 is 19.9 Å². The Labute approximate surface area is 373 Å². The summed E-state index contributed by atoms with van der Waals surface area (Å²) in [5.74, 6) is 1.64. The van der Waals surface area contributed by atoms with Crippen molar-refractivity contribution in [1.29, 1.82) is 0 Å². The molecule has 0 spiro atoms. The van der Waals surface area contributed by atoms with E-state index in [1.54, 1.807) is 12.1 Å². The van der Waals surface area contributed by atoms with Crippen LogP contribution in [0.3, 0.4) is 0 Å². The van der Waals surface area contributed by atoms with Crippen molar-refractivity contribution in [2.45, 2.75) is 72.1 Å². The third-order valence-corrected chi connectivity index (χ3v) is 12.2. The van der Waals surface area contributed by atoms with E-state index in [0.717, 1.165) is 91.8 Å². The topological polar surface area (TPSA) is 115 Å². The Kier molecular flexibility index (Phi) is 17.4. The average molecular weight is 853 g/mol. The minimum absolute atomic E-state index is 0.259. The molecule has 63 heavy (non-hydrogen) atoms. The number of imide groups is 1. The summed E-state index contributed by atoms with van der Waals surface area (Å²) in [5, 5.41) is 5.61. The number of amides is 3. The number of piperidine rings is 2. The van der Waals surface area contributed by atoms with E-state index in [2.05, 4.69) is 67.8 Å². The Hall–Kier alpha value is -5.88. The molecule has 4 aromatic carbocycles. The first-order chi connectivity index (χ1) is 30.6. The summed E-state index contributed by atoms with van der Waals surface area (Å²) in [6, 6.07) is 30.0. The molecule has 0 aromatic heterocycles. The largest absolute Gasteiger partial charge is 0.457 e. The molecule has 3 aliphatic rings. The number of ether oxygens (including phenoxy) is 1. The Morgan fingerprint density at radius 2 is 1.57 bits per heavy atom. The van der Waals surface area contributed by atoms with Crippen LogP contribution in [-0.2, 0) is 34.0 Å². The number of carbonyl (C=O) groups is 4. The number of piperazine rings is 1. The SMILES string of the molecule is C/C=C\C=C(\Oc1ccc(C)cc1)c1ccc(C=O)cc1.CNCc1cccc(CN2CCC(CN3CCN(c4ccc(C)c(CN(C=O)C5CCC(=O)NC5=O)c4)CC3)CC2)c1. The number of hydrogen-bond donors (Lipinski definition) is 2. The fourth-order valence-corrected chi connectivity index (χ4v) is 8.45. The van der Waals surface area contributed by atoms with Crippen LogP contribution in [0.1, 0.15) is 76.3 Å². The highest BCUT2D eigenvalue weighted by Crippen LogP contribution is 2.26. The Bertz CT molecular complexity index is 2190. The summed E-state index contributed by atoms with van der Waals surface area (Å²) in [7, 11) is 1.99. The maximum atomic E-state index is 12.3. The molecule has 3 fully saturated rings. The normalized spacial score (nSPS) is 17.8. The first-order valence-corrected chi connectivity index (χ1v) is 22.3. The molecule has 0 aliphatic carbocycles. The summed E-state index contributed by atoms with van der Waals surface area (Å²) in [6.07, 6.45) is 10.5. The highest BCUT2D eigenvalue weighted by molar-refractivity contribution is 6.00. The lowest BCUT2D eigenvalue weighted by molar-refractivity contribution is -0.141. The second-order valence-corrected chi connectivity index (χ2v) is 16.9. The van der Waals surface area contributed by atoms with E-state index in [1.165, 1.54) is 54.1 Å². The molecule has 0 saturated carbocycles. The number of likely N-dealkylation sites (tertiary alicyclic amines) is 1. The zero-order chi connectivity index (χ0) is 44.6. The van der Waals surface area contributed by atoms with Gasteiger partial charge in [-0.1, -0.05) is 84.4 Å². The van der Waals surface area contributed by atoms with E-state index in [1.807, 2.05) is 82.4 Å². The predicted octanol–water partition coefficient (Wildman–Crippen LogP) is 7.32. The minimum atomic E-state index is -0.604. The van der Waals surface area contributed by atoms with Gasteiger partial charge >= 0.3 is 0 Å². The zero-order valence-corrected chi connectivity index (χ0v) is 37.4. The highest BCUT2D eigenvalue weighted by atomic mass is 16.5. The summed E-state index contributed by atoms with van der Waals surface area (Å²) in [4.78, 5) is 55.7. The number of allylic oxidation sites excluding steroid dienone is 3. The van der Waals surface area contributed by atoms with E-state index in [4.69, 9.17) is 4.74 Å². The summed E-state index contributed by atoms with van der Waals surface area (Å²) < 4.78 is 5.95. The van der Waals surface area contributed by atoms with Crippen LogP contribution in [0.25, 0.3) is 5.76 Å². The first-order valence-electron chi connectivity index (χ1n) is 22.3. The molecule has 11 nitrogen and oxygen atoms in total. The first kappa shape index (κ1) is 46.6. The Morgan fingerprint density at radius 3 is 2.24 bits per heavy atom. The molecule has 4 aromatic rings. The minimum Gasteiger partial charge on any atom is -0.457 e. The molecule has 1 atom stereocenters. The molecule has 11 heteroatoms. The number of aldehydes is 1. The van der Waals surface area contributed by atoms with Crippen LogP contribution in [0.4, 0.5) is 5.69 Å². The molecule has 0 radical (unpaired) electrons. The van der Waals surface area contributed by atoms with Gasteiger partial charge in [-0.05, 0) is 119 Å². The molecule has 3 amide bonds. The van der Waals surface area contributed by atoms with Crippen LogP contribution in [0.5, 0.6) is 5.75 Å². The lowest BCUT2D eigenvalue weighted by Gasteiger charge is -2.40. The van der Waals surface area contributed by atoms with Gasteiger partial charge in [0.1, 0.15) is 23.8 Å². The van der Waals surface area contributed by atoms with Crippen molar-refractivity contribution in [3.63, 3.8) is 0 Å². The summed E-state index contributed by atoms with van der Waals surface area (Å²) >= 11 is 0. The second kappa shape index (κ2) is 23.5. The number of nitrogens with zero attached hydrogens (tertiary/aromatic N) is 4. The van der Waals surface area contributed by atoms with Crippen molar-refractivity contribution in [3.05, 3.63) is 148 Å². The van der Waals surface area contributed by atoms with Crippen molar-refractivity contribution >= 4 is 36.0 Å². The molecule has 3 heterocycles. The monoisotopic (exact) mass is 852 g/mol. The van der Waals surface area contributed by atoms with E-state index < -0.39 is 6.04 Å². The van der Waals surface area contributed by atoms with E-state index in [0.29, 0.717) is 18.5 Å². The molecular weight excluding hydrogens is 789 g/mol. The number of aryl methyl sites for hydroxylation is 2. The van der Waals surface area contributed by atoms with Gasteiger partial charge in [0.05, 0.1) is 0 Å². The molecule has 2 N–H and O–H groups in total. The Balaban J connectivity index is 0.000000264. The van der Waals surface area contributed by atoms with Crippen LogP contribution in [0.15, 0.2) is 109 Å². The van der Waals surface area contributed by atoms with Gasteiger partial charge in [0, 0.05) is 75.6 Å². The average Bonchev–Trinajstić information content (AvgIpc) is 3.30. The van der Waals surface area contributed by atoms with E-state index in [-0.39, 0.29) is 18.2 Å².